The Kier molecular flexibility index (Phi) is 5.66. The molecule has 23 heavy (non-hydrogen) atoms. The van der Waals surface area contributed by atoms with Crippen LogP contribution in [0, 0.1) is 0 Å². The summed E-state index contributed by atoms with van der Waals surface area (Å²) in [6, 6.07) is 12.1. The highest BCUT2D eigenvalue weighted by Gasteiger charge is 2.18. The van der Waals surface area contributed by atoms with Crippen LogP contribution in [-0.4, -0.2) is 11.7 Å². The van der Waals surface area contributed by atoms with Crippen molar-refractivity contribution >= 4 is 28.8 Å². The van der Waals surface area contributed by atoms with Gasteiger partial charge in [0.05, 0.1) is 17.4 Å². The summed E-state index contributed by atoms with van der Waals surface area (Å²) in [5, 5.41) is 8.40. The number of carbonyl (C=O) groups is 1. The Morgan fingerprint density at radius 3 is 2.43 bits per heavy atom. The molecule has 0 aliphatic heterocycles. The van der Waals surface area contributed by atoms with Gasteiger partial charge in [0.15, 0.2) is 0 Å². The lowest BCUT2D eigenvalue weighted by molar-refractivity contribution is 0.0636. The summed E-state index contributed by atoms with van der Waals surface area (Å²) in [7, 11) is 0. The van der Waals surface area contributed by atoms with Crippen molar-refractivity contribution in [1.29, 1.82) is 0 Å². The summed E-state index contributed by atoms with van der Waals surface area (Å²) in [5.74, 6) is 0. The van der Waals surface area contributed by atoms with E-state index in [-0.39, 0.29) is 6.04 Å². The monoisotopic (exact) mass is 332 g/mol. The van der Waals surface area contributed by atoms with Gasteiger partial charge < -0.3 is 10.1 Å². The van der Waals surface area contributed by atoms with Gasteiger partial charge in [0.1, 0.15) is 5.60 Å². The van der Waals surface area contributed by atoms with E-state index in [2.05, 4.69) is 35.1 Å². The maximum atomic E-state index is 12.0. The zero-order chi connectivity index (χ0) is 16.9. The second-order valence-electron chi connectivity index (χ2n) is 6.29. The molecule has 0 fully saturated rings. The van der Waals surface area contributed by atoms with Gasteiger partial charge in [-0.1, -0.05) is 25.1 Å². The van der Waals surface area contributed by atoms with E-state index in [1.165, 1.54) is 4.88 Å². The molecule has 0 saturated heterocycles. The minimum Gasteiger partial charge on any atom is -0.444 e. The fourth-order valence-corrected chi connectivity index (χ4v) is 3.04. The molecule has 1 aromatic heterocycles. The standard InChI is InChI=1S/C18H24N2O2S/c1-5-13(16-11-8-12-23-16)19-14-9-6-7-10-15(14)20-17(21)22-18(2,3)4/h6-13,19H,5H2,1-4H3,(H,20,21). The molecule has 4 nitrogen and oxygen atoms in total. The fraction of sp³-hybridized carbons (Fsp3) is 0.389. The van der Waals surface area contributed by atoms with Crippen LogP contribution >= 0.6 is 11.3 Å². The van der Waals surface area contributed by atoms with Crippen molar-refractivity contribution < 1.29 is 9.53 Å². The molecular weight excluding hydrogens is 308 g/mol. The molecule has 0 aliphatic carbocycles. The van der Waals surface area contributed by atoms with Crippen molar-refractivity contribution in [3.63, 3.8) is 0 Å². The Morgan fingerprint density at radius 2 is 1.87 bits per heavy atom. The molecular formula is C18H24N2O2S. The Labute approximate surface area is 141 Å². The summed E-state index contributed by atoms with van der Waals surface area (Å²) >= 11 is 1.73. The van der Waals surface area contributed by atoms with Gasteiger partial charge in [0.25, 0.3) is 0 Å². The van der Waals surface area contributed by atoms with Crippen molar-refractivity contribution in [2.24, 2.45) is 0 Å². The summed E-state index contributed by atoms with van der Waals surface area (Å²) in [6.07, 6.45) is 0.511. The molecule has 0 bridgehead atoms. The lowest BCUT2D eigenvalue weighted by atomic mass is 10.1. The van der Waals surface area contributed by atoms with Crippen molar-refractivity contribution in [2.75, 3.05) is 10.6 Å². The van der Waals surface area contributed by atoms with Gasteiger partial charge in [-0.25, -0.2) is 4.79 Å². The summed E-state index contributed by atoms with van der Waals surface area (Å²) in [5.41, 5.74) is 1.09. The number of hydrogen-bond acceptors (Lipinski definition) is 4. The number of ether oxygens (including phenoxy) is 1. The maximum Gasteiger partial charge on any atom is 0.412 e. The molecule has 124 valence electrons. The topological polar surface area (TPSA) is 50.4 Å². The fourth-order valence-electron chi connectivity index (χ4n) is 2.18. The molecule has 2 N–H and O–H groups in total. The van der Waals surface area contributed by atoms with Gasteiger partial charge in [0, 0.05) is 4.88 Å². The van der Waals surface area contributed by atoms with Crippen LogP contribution in [0.1, 0.15) is 45.0 Å². The molecule has 0 saturated carbocycles. The molecule has 2 aromatic rings. The Hall–Kier alpha value is -2.01. The number of amides is 1. The molecule has 1 unspecified atom stereocenters. The molecule has 1 amide bonds. The van der Waals surface area contributed by atoms with Gasteiger partial charge in [-0.15, -0.1) is 11.3 Å². The van der Waals surface area contributed by atoms with Gasteiger partial charge in [0.2, 0.25) is 0 Å². The second-order valence-corrected chi connectivity index (χ2v) is 7.27. The van der Waals surface area contributed by atoms with E-state index in [0.29, 0.717) is 0 Å². The third-order valence-corrected chi connectivity index (χ3v) is 4.17. The number of para-hydroxylation sites is 2. The SMILES string of the molecule is CCC(Nc1ccccc1NC(=O)OC(C)(C)C)c1cccs1. The van der Waals surface area contributed by atoms with Gasteiger partial charge in [-0.3, -0.25) is 5.32 Å². The van der Waals surface area contributed by atoms with Crippen LogP contribution in [0.4, 0.5) is 16.2 Å². The largest absolute Gasteiger partial charge is 0.444 e. The Balaban J connectivity index is 2.12. The molecule has 1 atom stereocenters. The first-order valence-electron chi connectivity index (χ1n) is 7.78. The number of thiophene rings is 1. The molecule has 1 heterocycles. The van der Waals surface area contributed by atoms with E-state index in [4.69, 9.17) is 4.74 Å². The molecule has 2 rings (SSSR count). The van der Waals surface area contributed by atoms with Crippen LogP contribution in [0.2, 0.25) is 0 Å². The first kappa shape index (κ1) is 17.3. The molecule has 5 heteroatoms. The third kappa shape index (κ3) is 5.28. The summed E-state index contributed by atoms with van der Waals surface area (Å²) in [4.78, 5) is 13.3. The molecule has 0 radical (unpaired) electrons. The summed E-state index contributed by atoms with van der Waals surface area (Å²) < 4.78 is 5.32. The minimum absolute atomic E-state index is 0.219. The minimum atomic E-state index is -0.518. The Morgan fingerprint density at radius 1 is 1.17 bits per heavy atom. The highest BCUT2D eigenvalue weighted by Crippen LogP contribution is 2.30. The van der Waals surface area contributed by atoms with Crippen molar-refractivity contribution in [3.8, 4) is 0 Å². The number of anilines is 2. The molecule has 0 aliphatic rings. The Bertz CT molecular complexity index is 633. The highest BCUT2D eigenvalue weighted by atomic mass is 32.1. The lowest BCUT2D eigenvalue weighted by Gasteiger charge is -2.22. The van der Waals surface area contributed by atoms with Crippen LogP contribution in [0.5, 0.6) is 0 Å². The van der Waals surface area contributed by atoms with E-state index in [9.17, 15) is 4.79 Å². The third-order valence-electron chi connectivity index (χ3n) is 3.19. The first-order chi connectivity index (χ1) is 10.9. The van der Waals surface area contributed by atoms with Crippen LogP contribution in [0.3, 0.4) is 0 Å². The quantitative estimate of drug-likeness (QED) is 0.743. The number of rotatable bonds is 5. The van der Waals surface area contributed by atoms with Crippen LogP contribution in [-0.2, 0) is 4.74 Å². The first-order valence-corrected chi connectivity index (χ1v) is 8.66. The molecule has 0 spiro atoms. The average Bonchev–Trinajstić information content (AvgIpc) is 2.98. The molecule has 1 aromatic carbocycles. The predicted octanol–water partition coefficient (Wildman–Crippen LogP) is 5.66. The number of carbonyl (C=O) groups excluding carboxylic acids is 1. The number of nitrogens with one attached hydrogen (secondary N) is 2. The summed E-state index contributed by atoms with van der Waals surface area (Å²) in [6.45, 7) is 7.68. The van der Waals surface area contributed by atoms with E-state index >= 15 is 0 Å². The van der Waals surface area contributed by atoms with Crippen molar-refractivity contribution in [1.82, 2.24) is 0 Å². The number of benzene rings is 1. The van der Waals surface area contributed by atoms with E-state index in [0.717, 1.165) is 17.8 Å². The van der Waals surface area contributed by atoms with Gasteiger partial charge in [-0.2, -0.15) is 0 Å². The smallest absolute Gasteiger partial charge is 0.412 e. The van der Waals surface area contributed by atoms with E-state index in [1.54, 1.807) is 11.3 Å². The zero-order valence-electron chi connectivity index (χ0n) is 14.1. The maximum absolute atomic E-state index is 12.0. The number of hydrogen-bond donors (Lipinski definition) is 2. The average molecular weight is 332 g/mol. The second kappa shape index (κ2) is 7.51. The van der Waals surface area contributed by atoms with Crippen LogP contribution < -0.4 is 10.6 Å². The van der Waals surface area contributed by atoms with Crippen molar-refractivity contribution in [2.45, 2.75) is 45.8 Å². The van der Waals surface area contributed by atoms with E-state index < -0.39 is 11.7 Å². The zero-order valence-corrected chi connectivity index (χ0v) is 14.9. The van der Waals surface area contributed by atoms with Gasteiger partial charge in [-0.05, 0) is 50.8 Å². The normalized spacial score (nSPS) is 12.5. The van der Waals surface area contributed by atoms with Crippen LogP contribution in [0.25, 0.3) is 0 Å². The highest BCUT2D eigenvalue weighted by molar-refractivity contribution is 7.10. The lowest BCUT2D eigenvalue weighted by Crippen LogP contribution is -2.27. The predicted molar refractivity (Wildman–Crippen MR) is 97.3 cm³/mol. The van der Waals surface area contributed by atoms with Crippen LogP contribution in [0.15, 0.2) is 41.8 Å². The van der Waals surface area contributed by atoms with Gasteiger partial charge >= 0.3 is 6.09 Å². The van der Waals surface area contributed by atoms with Crippen molar-refractivity contribution in [3.05, 3.63) is 46.7 Å². The van der Waals surface area contributed by atoms with E-state index in [1.807, 2.05) is 45.0 Å².